The molecule has 28 heavy (non-hydrogen) atoms. The molecule has 0 radical (unpaired) electrons. The predicted molar refractivity (Wildman–Crippen MR) is 111 cm³/mol. The van der Waals surface area contributed by atoms with Crippen LogP contribution in [0.3, 0.4) is 0 Å². The molecule has 2 aliphatic rings. The minimum atomic E-state index is -1.10. The van der Waals surface area contributed by atoms with E-state index in [0.717, 1.165) is 21.9 Å². The first kappa shape index (κ1) is 19.2. The van der Waals surface area contributed by atoms with Gasteiger partial charge in [-0.05, 0) is 17.0 Å². The average Bonchev–Trinajstić information content (AvgIpc) is 3.32. The molecule has 0 bridgehead atoms. The molecule has 0 saturated carbocycles. The number of rotatable bonds is 5. The Bertz CT molecular complexity index is 863. The molecule has 0 N–H and O–H groups in total. The molecule has 2 aliphatic heterocycles. The van der Waals surface area contributed by atoms with Gasteiger partial charge in [0, 0.05) is 42.3 Å². The van der Waals surface area contributed by atoms with Gasteiger partial charge in [-0.15, -0.1) is 11.3 Å². The SMILES string of the molecule is O=C(C[C@@]1(c2ccccc2)CC(=O)N(Cc2cccs2)C1=O)N1CCSCC1. The highest BCUT2D eigenvalue weighted by molar-refractivity contribution is 7.99. The smallest absolute Gasteiger partial charge is 0.241 e. The van der Waals surface area contributed by atoms with Crippen LogP contribution in [0.5, 0.6) is 0 Å². The van der Waals surface area contributed by atoms with Crippen LogP contribution in [0, 0.1) is 0 Å². The van der Waals surface area contributed by atoms with Crippen molar-refractivity contribution in [2.24, 2.45) is 0 Å². The van der Waals surface area contributed by atoms with Gasteiger partial charge in [-0.1, -0.05) is 36.4 Å². The molecule has 0 aliphatic carbocycles. The van der Waals surface area contributed by atoms with Crippen LogP contribution in [0.1, 0.15) is 23.3 Å². The number of benzene rings is 1. The molecule has 2 aromatic rings. The third-order valence-corrected chi connectivity index (χ3v) is 7.25. The first-order valence-electron chi connectivity index (χ1n) is 9.38. The molecule has 3 heterocycles. The average molecular weight is 415 g/mol. The lowest BCUT2D eigenvalue weighted by atomic mass is 9.75. The number of thiophene rings is 1. The van der Waals surface area contributed by atoms with Crippen LogP contribution in [0.2, 0.25) is 0 Å². The highest BCUT2D eigenvalue weighted by Gasteiger charge is 2.54. The molecule has 5 nitrogen and oxygen atoms in total. The van der Waals surface area contributed by atoms with Gasteiger partial charge in [0.15, 0.2) is 0 Å². The van der Waals surface area contributed by atoms with E-state index < -0.39 is 5.41 Å². The molecule has 1 atom stereocenters. The van der Waals surface area contributed by atoms with Gasteiger partial charge < -0.3 is 4.90 Å². The van der Waals surface area contributed by atoms with E-state index in [1.807, 2.05) is 64.5 Å². The van der Waals surface area contributed by atoms with Gasteiger partial charge in [0.1, 0.15) is 0 Å². The topological polar surface area (TPSA) is 57.7 Å². The first-order chi connectivity index (χ1) is 13.6. The van der Waals surface area contributed by atoms with Crippen molar-refractivity contribution in [2.75, 3.05) is 24.6 Å². The summed E-state index contributed by atoms with van der Waals surface area (Å²) < 4.78 is 0. The summed E-state index contributed by atoms with van der Waals surface area (Å²) in [7, 11) is 0. The standard InChI is InChI=1S/C21H22N2O3S2/c24-18(22-8-11-27-12-9-22)13-21(16-5-2-1-3-6-16)14-19(25)23(20(21)26)15-17-7-4-10-28-17/h1-7,10H,8-9,11-15H2/t21-/m0/s1. The van der Waals surface area contributed by atoms with E-state index in [-0.39, 0.29) is 37.1 Å². The molecule has 4 rings (SSSR count). The number of thioether (sulfide) groups is 1. The second kappa shape index (κ2) is 8.09. The van der Waals surface area contributed by atoms with Gasteiger partial charge in [0.2, 0.25) is 17.7 Å². The summed E-state index contributed by atoms with van der Waals surface area (Å²) in [6, 6.07) is 13.2. The second-order valence-electron chi connectivity index (χ2n) is 7.16. The molecule has 3 amide bonds. The van der Waals surface area contributed by atoms with Crippen molar-refractivity contribution in [3.05, 3.63) is 58.3 Å². The minimum Gasteiger partial charge on any atom is -0.341 e. The zero-order chi connectivity index (χ0) is 19.6. The molecule has 146 valence electrons. The van der Waals surface area contributed by atoms with Crippen molar-refractivity contribution in [1.29, 1.82) is 0 Å². The minimum absolute atomic E-state index is 0.0386. The van der Waals surface area contributed by atoms with E-state index in [1.165, 1.54) is 16.2 Å². The van der Waals surface area contributed by atoms with Gasteiger partial charge in [-0.2, -0.15) is 11.8 Å². The lowest BCUT2D eigenvalue weighted by Gasteiger charge is -2.32. The summed E-state index contributed by atoms with van der Waals surface area (Å²) in [4.78, 5) is 43.5. The maximum atomic E-state index is 13.5. The third-order valence-electron chi connectivity index (χ3n) is 5.45. The Morgan fingerprint density at radius 3 is 2.46 bits per heavy atom. The number of imide groups is 1. The number of amides is 3. The second-order valence-corrected chi connectivity index (χ2v) is 9.42. The Hall–Kier alpha value is -2.12. The lowest BCUT2D eigenvalue weighted by Crippen LogP contribution is -2.45. The van der Waals surface area contributed by atoms with Gasteiger partial charge in [-0.25, -0.2) is 0 Å². The highest BCUT2D eigenvalue weighted by Crippen LogP contribution is 2.41. The molecule has 7 heteroatoms. The normalized spacial score (nSPS) is 22.7. The van der Waals surface area contributed by atoms with E-state index in [1.54, 1.807) is 0 Å². The predicted octanol–water partition coefficient (Wildman–Crippen LogP) is 2.91. The van der Waals surface area contributed by atoms with E-state index in [4.69, 9.17) is 0 Å². The monoisotopic (exact) mass is 414 g/mol. The van der Waals surface area contributed by atoms with E-state index in [0.29, 0.717) is 13.1 Å². The van der Waals surface area contributed by atoms with E-state index >= 15 is 0 Å². The van der Waals surface area contributed by atoms with Crippen molar-refractivity contribution < 1.29 is 14.4 Å². The fourth-order valence-corrected chi connectivity index (χ4v) is 5.52. The van der Waals surface area contributed by atoms with Gasteiger partial charge in [0.25, 0.3) is 0 Å². The molecule has 1 aromatic heterocycles. The van der Waals surface area contributed by atoms with Gasteiger partial charge in [-0.3, -0.25) is 19.3 Å². The Balaban J connectivity index is 1.65. The fraction of sp³-hybridized carbons (Fsp3) is 0.381. The third kappa shape index (κ3) is 3.61. The number of carbonyl (C=O) groups excluding carboxylic acids is 3. The quantitative estimate of drug-likeness (QED) is 0.706. The molecule has 2 fully saturated rings. The first-order valence-corrected chi connectivity index (χ1v) is 11.4. The Morgan fingerprint density at radius 1 is 1.04 bits per heavy atom. The van der Waals surface area contributed by atoms with Crippen LogP contribution in [0.4, 0.5) is 0 Å². The molecule has 1 aromatic carbocycles. The number of hydrogen-bond acceptors (Lipinski definition) is 5. The maximum absolute atomic E-state index is 13.5. The van der Waals surface area contributed by atoms with E-state index in [2.05, 4.69) is 0 Å². The number of nitrogens with zero attached hydrogens (tertiary/aromatic N) is 2. The molecule has 2 saturated heterocycles. The van der Waals surface area contributed by atoms with Crippen molar-refractivity contribution >= 4 is 40.8 Å². The summed E-state index contributed by atoms with van der Waals surface area (Å²) in [6.45, 7) is 1.68. The molecular weight excluding hydrogens is 392 g/mol. The van der Waals surface area contributed by atoms with E-state index in [9.17, 15) is 14.4 Å². The van der Waals surface area contributed by atoms with Crippen LogP contribution < -0.4 is 0 Å². The van der Waals surface area contributed by atoms with Crippen molar-refractivity contribution in [2.45, 2.75) is 24.8 Å². The Labute approximate surface area is 172 Å². The molecular formula is C21H22N2O3S2. The van der Waals surface area contributed by atoms with Crippen LogP contribution in [0.15, 0.2) is 47.8 Å². The fourth-order valence-electron chi connectivity index (χ4n) is 3.92. The highest BCUT2D eigenvalue weighted by atomic mass is 32.2. The molecule has 0 spiro atoms. The summed E-state index contributed by atoms with van der Waals surface area (Å²) in [6.07, 6.45) is 0.0999. The maximum Gasteiger partial charge on any atom is 0.241 e. The van der Waals surface area contributed by atoms with Crippen LogP contribution in [-0.4, -0.2) is 52.1 Å². The van der Waals surface area contributed by atoms with Crippen molar-refractivity contribution in [3.8, 4) is 0 Å². The Kier molecular flexibility index (Phi) is 5.55. The van der Waals surface area contributed by atoms with Crippen LogP contribution in [-0.2, 0) is 26.3 Å². The lowest BCUT2D eigenvalue weighted by molar-refractivity contribution is -0.143. The largest absolute Gasteiger partial charge is 0.341 e. The summed E-state index contributed by atoms with van der Waals surface area (Å²) >= 11 is 3.36. The molecule has 0 unspecified atom stereocenters. The zero-order valence-corrected chi connectivity index (χ0v) is 17.1. The Morgan fingerprint density at radius 2 is 1.79 bits per heavy atom. The van der Waals surface area contributed by atoms with Gasteiger partial charge in [0.05, 0.1) is 12.0 Å². The van der Waals surface area contributed by atoms with Gasteiger partial charge >= 0.3 is 0 Å². The van der Waals surface area contributed by atoms with Crippen molar-refractivity contribution in [1.82, 2.24) is 9.80 Å². The number of hydrogen-bond donors (Lipinski definition) is 0. The number of likely N-dealkylation sites (tertiary alicyclic amines) is 1. The van der Waals surface area contributed by atoms with Crippen LogP contribution >= 0.6 is 23.1 Å². The van der Waals surface area contributed by atoms with Crippen LogP contribution in [0.25, 0.3) is 0 Å². The zero-order valence-electron chi connectivity index (χ0n) is 15.5. The summed E-state index contributed by atoms with van der Waals surface area (Å²) in [5, 5.41) is 1.93. The summed E-state index contributed by atoms with van der Waals surface area (Å²) in [5.41, 5.74) is -0.348. The number of carbonyl (C=O) groups is 3. The van der Waals surface area contributed by atoms with Crippen molar-refractivity contribution in [3.63, 3.8) is 0 Å². The summed E-state index contributed by atoms with van der Waals surface area (Å²) in [5.74, 6) is 1.34.